The molecule has 1 saturated carbocycles. The third-order valence-corrected chi connectivity index (χ3v) is 4.00. The minimum atomic E-state index is -0.379. The van der Waals surface area contributed by atoms with E-state index in [4.69, 9.17) is 17.4 Å². The van der Waals surface area contributed by atoms with Crippen molar-refractivity contribution >= 4 is 11.6 Å². The summed E-state index contributed by atoms with van der Waals surface area (Å²) in [6.07, 6.45) is 5.99. The van der Waals surface area contributed by atoms with Gasteiger partial charge in [-0.15, -0.1) is 0 Å². The molecule has 94 valence electrons. The van der Waals surface area contributed by atoms with Crippen LogP contribution in [0, 0.1) is 11.7 Å². The van der Waals surface area contributed by atoms with Crippen LogP contribution in [0.3, 0.4) is 0 Å². The average Bonchev–Trinajstić information content (AvgIpc) is 2.83. The van der Waals surface area contributed by atoms with Gasteiger partial charge in [0.25, 0.3) is 0 Å². The predicted octanol–water partition coefficient (Wildman–Crippen LogP) is 3.56. The highest BCUT2D eigenvalue weighted by atomic mass is 35.5. The zero-order valence-corrected chi connectivity index (χ0v) is 10.5. The Hall–Kier alpha value is -0.640. The second kappa shape index (κ2) is 5.80. The van der Waals surface area contributed by atoms with Crippen LogP contribution in [-0.4, -0.2) is 0 Å². The molecule has 0 heterocycles. The topological polar surface area (TPSA) is 38.0 Å². The van der Waals surface area contributed by atoms with Gasteiger partial charge in [-0.2, -0.15) is 0 Å². The molecule has 2 nitrogen and oxygen atoms in total. The summed E-state index contributed by atoms with van der Waals surface area (Å²) in [5, 5.41) is 0.188. The number of nitrogens with two attached hydrogens (primary N) is 1. The molecule has 2 rings (SSSR count). The highest BCUT2D eigenvalue weighted by molar-refractivity contribution is 6.31. The van der Waals surface area contributed by atoms with E-state index < -0.39 is 0 Å². The molecule has 0 amide bonds. The number of benzene rings is 1. The summed E-state index contributed by atoms with van der Waals surface area (Å²) < 4.78 is 13.4. The molecule has 17 heavy (non-hydrogen) atoms. The average molecular weight is 257 g/mol. The lowest BCUT2D eigenvalue weighted by atomic mass is 9.94. The Kier molecular flexibility index (Phi) is 4.37. The molecule has 1 unspecified atom stereocenters. The molecule has 1 aromatic rings. The summed E-state index contributed by atoms with van der Waals surface area (Å²) >= 11 is 5.98. The van der Waals surface area contributed by atoms with Gasteiger partial charge < -0.3 is 0 Å². The van der Waals surface area contributed by atoms with Gasteiger partial charge >= 0.3 is 0 Å². The minimum absolute atomic E-state index is 0.0544. The standard InChI is InChI=1S/C13H18ClFN2/c14-13-10(6-3-7-11(13)15)12(17-16)8-9-4-1-2-5-9/h3,6-7,9,12,17H,1-2,4-5,8,16H2. The van der Waals surface area contributed by atoms with Gasteiger partial charge in [0.1, 0.15) is 5.82 Å². The number of rotatable bonds is 4. The van der Waals surface area contributed by atoms with Crippen LogP contribution in [0.25, 0.3) is 0 Å². The van der Waals surface area contributed by atoms with Crippen LogP contribution in [0.5, 0.6) is 0 Å². The molecule has 1 aliphatic rings. The smallest absolute Gasteiger partial charge is 0.142 e. The summed E-state index contributed by atoms with van der Waals surface area (Å²) in [5.41, 5.74) is 3.53. The van der Waals surface area contributed by atoms with Gasteiger partial charge in [0, 0.05) is 6.04 Å². The minimum Gasteiger partial charge on any atom is -0.271 e. The Bertz CT molecular complexity index is 378. The Labute approximate surface area is 106 Å². The van der Waals surface area contributed by atoms with E-state index in [1.54, 1.807) is 6.07 Å². The van der Waals surface area contributed by atoms with E-state index >= 15 is 0 Å². The van der Waals surface area contributed by atoms with E-state index in [-0.39, 0.29) is 16.9 Å². The second-order valence-electron chi connectivity index (χ2n) is 4.75. The molecule has 1 atom stereocenters. The molecular formula is C13H18ClFN2. The molecule has 4 heteroatoms. The van der Waals surface area contributed by atoms with Crippen molar-refractivity contribution in [3.05, 3.63) is 34.6 Å². The van der Waals surface area contributed by atoms with Crippen molar-refractivity contribution in [3.63, 3.8) is 0 Å². The molecule has 0 radical (unpaired) electrons. The van der Waals surface area contributed by atoms with Crippen LogP contribution in [-0.2, 0) is 0 Å². The highest BCUT2D eigenvalue weighted by Gasteiger charge is 2.22. The van der Waals surface area contributed by atoms with Crippen molar-refractivity contribution in [2.45, 2.75) is 38.1 Å². The van der Waals surface area contributed by atoms with E-state index in [0.29, 0.717) is 5.92 Å². The van der Waals surface area contributed by atoms with Gasteiger partial charge in [0.05, 0.1) is 5.02 Å². The van der Waals surface area contributed by atoms with Crippen molar-refractivity contribution in [1.82, 2.24) is 5.43 Å². The van der Waals surface area contributed by atoms with Crippen molar-refractivity contribution in [2.24, 2.45) is 11.8 Å². The van der Waals surface area contributed by atoms with Crippen LogP contribution in [0.4, 0.5) is 4.39 Å². The van der Waals surface area contributed by atoms with E-state index in [1.807, 2.05) is 6.07 Å². The van der Waals surface area contributed by atoms with Crippen molar-refractivity contribution in [3.8, 4) is 0 Å². The molecule has 0 aliphatic heterocycles. The van der Waals surface area contributed by atoms with Crippen molar-refractivity contribution in [2.75, 3.05) is 0 Å². The van der Waals surface area contributed by atoms with Gasteiger partial charge in [-0.1, -0.05) is 49.4 Å². The molecule has 0 bridgehead atoms. The van der Waals surface area contributed by atoms with Crippen molar-refractivity contribution < 1.29 is 4.39 Å². The predicted molar refractivity (Wildman–Crippen MR) is 68.0 cm³/mol. The maximum Gasteiger partial charge on any atom is 0.142 e. The first-order valence-electron chi connectivity index (χ1n) is 6.12. The molecule has 1 fully saturated rings. The fourth-order valence-corrected chi connectivity index (χ4v) is 2.91. The third-order valence-electron chi connectivity index (χ3n) is 3.60. The molecular weight excluding hydrogens is 239 g/mol. The molecule has 0 spiro atoms. The summed E-state index contributed by atoms with van der Waals surface area (Å²) in [5.74, 6) is 5.87. The lowest BCUT2D eigenvalue weighted by Gasteiger charge is -2.21. The van der Waals surface area contributed by atoms with Gasteiger partial charge in [-0.3, -0.25) is 11.3 Å². The van der Waals surface area contributed by atoms with E-state index in [0.717, 1.165) is 12.0 Å². The molecule has 3 N–H and O–H groups in total. The fourth-order valence-electron chi connectivity index (χ4n) is 2.65. The van der Waals surface area contributed by atoms with Gasteiger partial charge in [-0.25, -0.2) is 4.39 Å². The summed E-state index contributed by atoms with van der Waals surface area (Å²) in [6, 6.07) is 4.83. The summed E-state index contributed by atoms with van der Waals surface area (Å²) in [4.78, 5) is 0. The van der Waals surface area contributed by atoms with Gasteiger partial charge in [-0.05, 0) is 24.0 Å². The Balaban J connectivity index is 2.13. The SMILES string of the molecule is NNC(CC1CCCC1)c1cccc(F)c1Cl. The van der Waals surface area contributed by atoms with Crippen LogP contribution < -0.4 is 11.3 Å². The summed E-state index contributed by atoms with van der Waals surface area (Å²) in [7, 11) is 0. The maximum absolute atomic E-state index is 13.4. The highest BCUT2D eigenvalue weighted by Crippen LogP contribution is 2.35. The van der Waals surface area contributed by atoms with Crippen LogP contribution >= 0.6 is 11.6 Å². The van der Waals surface area contributed by atoms with Crippen molar-refractivity contribution in [1.29, 1.82) is 0 Å². The number of halogens is 2. The number of hydrazine groups is 1. The second-order valence-corrected chi connectivity index (χ2v) is 5.13. The molecule has 0 saturated heterocycles. The fraction of sp³-hybridized carbons (Fsp3) is 0.538. The lowest BCUT2D eigenvalue weighted by Crippen LogP contribution is -2.29. The van der Waals surface area contributed by atoms with E-state index in [2.05, 4.69) is 5.43 Å². The van der Waals surface area contributed by atoms with Crippen LogP contribution in [0.2, 0.25) is 5.02 Å². The zero-order chi connectivity index (χ0) is 12.3. The summed E-state index contributed by atoms with van der Waals surface area (Å²) in [6.45, 7) is 0. The monoisotopic (exact) mass is 256 g/mol. The van der Waals surface area contributed by atoms with Gasteiger partial charge in [0.15, 0.2) is 0 Å². The Morgan fingerprint density at radius 2 is 2.12 bits per heavy atom. The largest absolute Gasteiger partial charge is 0.271 e. The number of hydrogen-bond acceptors (Lipinski definition) is 2. The Morgan fingerprint density at radius 3 is 2.76 bits per heavy atom. The normalized spacial score (nSPS) is 18.5. The number of nitrogens with one attached hydrogen (secondary N) is 1. The lowest BCUT2D eigenvalue weighted by molar-refractivity contribution is 0.399. The first-order valence-corrected chi connectivity index (χ1v) is 6.50. The van der Waals surface area contributed by atoms with Gasteiger partial charge in [0.2, 0.25) is 0 Å². The molecule has 1 aromatic carbocycles. The quantitative estimate of drug-likeness (QED) is 0.639. The van der Waals surface area contributed by atoms with E-state index in [9.17, 15) is 4.39 Å². The van der Waals surface area contributed by atoms with E-state index in [1.165, 1.54) is 31.7 Å². The zero-order valence-electron chi connectivity index (χ0n) is 9.76. The maximum atomic E-state index is 13.4. The first-order chi connectivity index (χ1) is 8.22. The first kappa shape index (κ1) is 12.8. The van der Waals surface area contributed by atoms with Crippen LogP contribution in [0.15, 0.2) is 18.2 Å². The Morgan fingerprint density at radius 1 is 1.41 bits per heavy atom. The molecule has 1 aliphatic carbocycles. The third kappa shape index (κ3) is 2.97. The molecule has 0 aromatic heterocycles. The van der Waals surface area contributed by atoms with Crippen LogP contribution in [0.1, 0.15) is 43.7 Å². The number of hydrogen-bond donors (Lipinski definition) is 2.